The Balaban J connectivity index is 2.39. The number of benzene rings is 2. The summed E-state index contributed by atoms with van der Waals surface area (Å²) in [5.41, 5.74) is -9.87. The molecule has 0 amide bonds. The fourth-order valence-corrected chi connectivity index (χ4v) is 7.44. The number of halogens is 12. The van der Waals surface area contributed by atoms with Gasteiger partial charge in [0, 0.05) is 11.4 Å². The van der Waals surface area contributed by atoms with E-state index in [1.165, 1.54) is 43.3 Å². The molecule has 0 fully saturated rings. The molecule has 0 spiro atoms. The van der Waals surface area contributed by atoms with Crippen molar-refractivity contribution in [1.82, 2.24) is 0 Å². The third-order valence-corrected chi connectivity index (χ3v) is 10.0. The molecule has 0 aliphatic heterocycles. The van der Waals surface area contributed by atoms with E-state index in [-0.39, 0.29) is 24.2 Å². The molecule has 26 heteroatoms. The normalized spacial score (nSPS) is 14.3. The summed E-state index contributed by atoms with van der Waals surface area (Å²) in [7, 11) is -12.1. The van der Waals surface area contributed by atoms with Crippen LogP contribution >= 0.6 is 0 Å². The van der Waals surface area contributed by atoms with Crippen molar-refractivity contribution in [2.24, 2.45) is 0 Å². The van der Waals surface area contributed by atoms with Crippen LogP contribution in [0.15, 0.2) is 36.4 Å². The summed E-state index contributed by atoms with van der Waals surface area (Å²) in [6, 6.07) is 8.89. The molecular weight excluding hydrogens is 864 g/mol. The first-order valence-corrected chi connectivity index (χ1v) is 19.5. The van der Waals surface area contributed by atoms with Gasteiger partial charge in [0.15, 0.2) is 0 Å². The Morgan fingerprint density at radius 3 is 1.40 bits per heavy atom. The quantitative estimate of drug-likeness (QED) is 0.0709. The Hall–Kier alpha value is -4.04. The molecule has 0 aromatic heterocycles. The predicted octanol–water partition coefficient (Wildman–Crippen LogP) is 7.27. The van der Waals surface area contributed by atoms with Gasteiger partial charge >= 0.3 is 47.8 Å². The van der Waals surface area contributed by atoms with Crippen molar-refractivity contribution in [1.29, 1.82) is 0 Å². The van der Waals surface area contributed by atoms with Gasteiger partial charge in [0.2, 0.25) is 0 Å². The second kappa shape index (κ2) is 17.7. The summed E-state index contributed by atoms with van der Waals surface area (Å²) in [4.78, 5) is 25.0. The molecule has 0 saturated carbocycles. The van der Waals surface area contributed by atoms with E-state index >= 15 is 0 Å². The van der Waals surface area contributed by atoms with Gasteiger partial charge in [-0.1, -0.05) is 57.2 Å². The Bertz CT molecular complexity index is 1990. The summed E-state index contributed by atoms with van der Waals surface area (Å²) in [6.45, 7) is 3.56. The van der Waals surface area contributed by atoms with E-state index in [1.807, 2.05) is 0 Å². The van der Waals surface area contributed by atoms with Gasteiger partial charge in [-0.3, -0.25) is 18.7 Å². The van der Waals surface area contributed by atoms with Crippen LogP contribution in [0.2, 0.25) is 0 Å². The summed E-state index contributed by atoms with van der Waals surface area (Å²) >= 11 is 0. The number of hydrogen-bond donors (Lipinski definition) is 4. The van der Waals surface area contributed by atoms with E-state index in [2.05, 4.69) is 20.1 Å². The first kappa shape index (κ1) is 50.1. The van der Waals surface area contributed by atoms with Crippen molar-refractivity contribution in [3.63, 3.8) is 0 Å². The number of para-hydroxylation sites is 2. The highest BCUT2D eigenvalue weighted by molar-refractivity contribution is 7.86. The van der Waals surface area contributed by atoms with Gasteiger partial charge in [-0.2, -0.15) is 69.5 Å². The predicted molar refractivity (Wildman–Crippen MR) is 180 cm³/mol. The van der Waals surface area contributed by atoms with Crippen LogP contribution in [0.5, 0.6) is 0 Å². The molecule has 0 aliphatic rings. The number of ether oxygens (including phenoxy) is 2. The Labute approximate surface area is 323 Å². The fourth-order valence-electron chi connectivity index (χ4n) is 5.64. The van der Waals surface area contributed by atoms with Crippen LogP contribution in [-0.2, 0) is 45.7 Å². The maximum Gasteiger partial charge on any atom is 0.438 e. The average Bonchev–Trinajstić information content (AvgIpc) is 3.01. The molecular formula is C32H36F12N2O10S2. The van der Waals surface area contributed by atoms with Crippen molar-refractivity contribution in [3.8, 4) is 0 Å². The highest BCUT2D eigenvalue weighted by atomic mass is 32.2. The molecule has 58 heavy (non-hydrogen) atoms. The molecule has 2 aromatic rings. The minimum Gasteiger partial charge on any atom is -0.437 e. The SMILES string of the molecule is Cc1cccc(CCC(C)c2cccc(C(C)C)c2NCC(=O)OC(CS(=O)(=O)O)(C(F)(F)F)C(F)(F)F)c1NCC(=O)OC(CS(=O)(=O)O)(C(F)(F)F)C(F)(F)F. The van der Waals surface area contributed by atoms with Gasteiger partial charge in [-0.25, -0.2) is 0 Å². The maximum atomic E-state index is 13.7. The van der Waals surface area contributed by atoms with Crippen LogP contribution in [0.1, 0.15) is 61.3 Å². The third-order valence-electron chi connectivity index (χ3n) is 8.49. The van der Waals surface area contributed by atoms with E-state index in [0.29, 0.717) is 22.3 Å². The summed E-state index contributed by atoms with van der Waals surface area (Å²) in [6.07, 6.45) is -26.1. The topological polar surface area (TPSA) is 185 Å². The van der Waals surface area contributed by atoms with Gasteiger partial charge in [0.05, 0.1) is 0 Å². The molecule has 2 rings (SSSR count). The van der Waals surface area contributed by atoms with Crippen molar-refractivity contribution >= 4 is 43.5 Å². The van der Waals surface area contributed by atoms with Gasteiger partial charge in [-0.05, 0) is 53.9 Å². The van der Waals surface area contributed by atoms with Crippen LogP contribution < -0.4 is 10.6 Å². The summed E-state index contributed by atoms with van der Waals surface area (Å²) in [5, 5.41) is 4.80. The van der Waals surface area contributed by atoms with E-state index in [1.54, 1.807) is 20.8 Å². The van der Waals surface area contributed by atoms with Crippen molar-refractivity contribution in [3.05, 3.63) is 58.7 Å². The first-order chi connectivity index (χ1) is 26.0. The Morgan fingerprint density at radius 1 is 0.638 bits per heavy atom. The van der Waals surface area contributed by atoms with E-state index in [0.717, 1.165) is 0 Å². The van der Waals surface area contributed by atoms with E-state index in [9.17, 15) is 79.1 Å². The van der Waals surface area contributed by atoms with E-state index < -0.39 is 105 Å². The standard InChI is InChI=1S/C32H36F12N2O10S2/c1-17(2)21-9-6-10-22(26(21)46-14-24(48)56-28(31(39,40)41,32(42,43)44)16-58(52,53)54)18(3)11-12-20-8-5-7-19(4)25(20)45-13-23(47)55-27(29(33,34)35,30(36,37)38)15-57(49,50)51/h5-10,17-18,45-46H,11-16H2,1-4H3,(H,49,50,51)(H,52,53,54). The monoisotopic (exact) mass is 900 g/mol. The van der Waals surface area contributed by atoms with Crippen LogP contribution in [0.3, 0.4) is 0 Å². The number of carbonyl (C=O) groups is 2. The van der Waals surface area contributed by atoms with Crippen LogP contribution in [0.25, 0.3) is 0 Å². The Morgan fingerprint density at radius 2 is 1.02 bits per heavy atom. The molecule has 0 bridgehead atoms. The molecule has 0 heterocycles. The zero-order valence-electron chi connectivity index (χ0n) is 30.4. The minimum atomic E-state index is -6.56. The molecule has 330 valence electrons. The molecule has 12 nitrogen and oxygen atoms in total. The van der Waals surface area contributed by atoms with Crippen LogP contribution in [-0.4, -0.2) is 98.4 Å². The third kappa shape index (κ3) is 12.2. The average molecular weight is 901 g/mol. The minimum absolute atomic E-state index is 0.0146. The number of alkyl halides is 12. The number of rotatable bonds is 17. The first-order valence-electron chi connectivity index (χ1n) is 16.3. The zero-order valence-corrected chi connectivity index (χ0v) is 32.0. The number of anilines is 2. The number of carbonyl (C=O) groups excluding carboxylic acids is 2. The summed E-state index contributed by atoms with van der Waals surface area (Å²) in [5.74, 6) is -11.6. The molecule has 0 radical (unpaired) electrons. The van der Waals surface area contributed by atoms with Crippen molar-refractivity contribution in [2.45, 2.75) is 88.3 Å². The van der Waals surface area contributed by atoms with Crippen LogP contribution in [0, 0.1) is 6.92 Å². The van der Waals surface area contributed by atoms with Gasteiger partial charge in [0.1, 0.15) is 24.6 Å². The lowest BCUT2D eigenvalue weighted by atomic mass is 9.88. The maximum absolute atomic E-state index is 13.7. The largest absolute Gasteiger partial charge is 0.438 e. The lowest BCUT2D eigenvalue weighted by molar-refractivity contribution is -0.361. The molecule has 2 aromatic carbocycles. The molecule has 1 atom stereocenters. The van der Waals surface area contributed by atoms with Gasteiger partial charge in [0.25, 0.3) is 20.2 Å². The summed E-state index contributed by atoms with van der Waals surface area (Å²) < 4.78 is 234. The second-order valence-electron chi connectivity index (χ2n) is 13.3. The van der Waals surface area contributed by atoms with Crippen molar-refractivity contribution in [2.75, 3.05) is 35.2 Å². The van der Waals surface area contributed by atoms with Crippen molar-refractivity contribution < 1.29 is 97.7 Å². The molecule has 1 unspecified atom stereocenters. The highest BCUT2D eigenvalue weighted by Gasteiger charge is 2.77. The molecule has 0 saturated heterocycles. The van der Waals surface area contributed by atoms with E-state index in [4.69, 9.17) is 9.11 Å². The Kier molecular flexibility index (Phi) is 15.3. The number of aryl methyl sites for hydroxylation is 2. The number of nitrogens with one attached hydrogen (secondary N) is 2. The molecule has 4 N–H and O–H groups in total. The van der Waals surface area contributed by atoms with Crippen LogP contribution in [0.4, 0.5) is 64.1 Å². The fraction of sp³-hybridized carbons (Fsp3) is 0.562. The number of hydrogen-bond acceptors (Lipinski definition) is 10. The lowest BCUT2D eigenvalue weighted by Gasteiger charge is -2.35. The van der Waals surface area contributed by atoms with Gasteiger partial charge < -0.3 is 20.1 Å². The smallest absolute Gasteiger partial charge is 0.437 e. The van der Waals surface area contributed by atoms with Gasteiger partial charge in [-0.15, -0.1) is 0 Å². The number of esters is 2. The lowest BCUT2D eigenvalue weighted by Crippen LogP contribution is -2.63. The highest BCUT2D eigenvalue weighted by Crippen LogP contribution is 2.48. The second-order valence-corrected chi connectivity index (χ2v) is 16.2. The molecule has 0 aliphatic carbocycles. The zero-order chi connectivity index (χ0) is 45.1.